The summed E-state index contributed by atoms with van der Waals surface area (Å²) in [5, 5.41) is 9.26. The van der Waals surface area contributed by atoms with Gasteiger partial charge in [-0.2, -0.15) is 0 Å². The maximum Gasteiger partial charge on any atom is 0.336 e. The molecule has 0 spiro atoms. The second-order valence-corrected chi connectivity index (χ2v) is 3.75. The van der Waals surface area contributed by atoms with Crippen LogP contribution in [0.5, 0.6) is 5.75 Å². The summed E-state index contributed by atoms with van der Waals surface area (Å²) in [5.74, 6) is 0.179. The topological polar surface area (TPSA) is 64.4 Å². The molecule has 0 bridgehead atoms. The molecule has 0 amide bonds. The van der Waals surface area contributed by atoms with E-state index in [-0.39, 0.29) is 5.56 Å². The van der Waals surface area contributed by atoms with Crippen LogP contribution in [-0.4, -0.2) is 27.7 Å². The van der Waals surface area contributed by atoms with Crippen LogP contribution in [0, 0.1) is 0 Å². The molecule has 0 fully saturated rings. The average molecular weight is 246 g/mol. The average Bonchev–Trinajstić information content (AvgIpc) is 2.86. The number of hydrogen-bond acceptors (Lipinski definition) is 3. The van der Waals surface area contributed by atoms with E-state index in [0.717, 1.165) is 6.54 Å². The Hall–Kier alpha value is -2.30. The largest absolute Gasteiger partial charge is 0.497 e. The molecule has 0 radical (unpaired) electrons. The van der Waals surface area contributed by atoms with Crippen molar-refractivity contribution in [2.45, 2.75) is 13.5 Å². The Kier molecular flexibility index (Phi) is 3.32. The Labute approximate surface area is 105 Å². The van der Waals surface area contributed by atoms with Gasteiger partial charge in [-0.15, -0.1) is 0 Å². The van der Waals surface area contributed by atoms with Crippen LogP contribution in [0.3, 0.4) is 0 Å². The summed E-state index contributed by atoms with van der Waals surface area (Å²) in [5.41, 5.74) is 0.783. The summed E-state index contributed by atoms with van der Waals surface area (Å²) in [6.45, 7) is 2.72. The van der Waals surface area contributed by atoms with E-state index in [2.05, 4.69) is 4.98 Å². The van der Waals surface area contributed by atoms with Gasteiger partial charge >= 0.3 is 5.97 Å². The van der Waals surface area contributed by atoms with Crippen LogP contribution in [0.1, 0.15) is 17.3 Å². The second kappa shape index (κ2) is 4.91. The van der Waals surface area contributed by atoms with Gasteiger partial charge in [0.05, 0.1) is 12.7 Å². The Bertz CT molecular complexity index is 575. The lowest BCUT2D eigenvalue weighted by Crippen LogP contribution is -2.04. The maximum atomic E-state index is 11.3. The first-order valence-corrected chi connectivity index (χ1v) is 5.60. The van der Waals surface area contributed by atoms with Gasteiger partial charge in [0.2, 0.25) is 0 Å². The van der Waals surface area contributed by atoms with Crippen LogP contribution in [0.25, 0.3) is 11.4 Å². The van der Waals surface area contributed by atoms with E-state index in [1.807, 2.05) is 17.7 Å². The van der Waals surface area contributed by atoms with E-state index in [1.165, 1.54) is 13.2 Å². The molecule has 0 aliphatic rings. The quantitative estimate of drug-likeness (QED) is 0.898. The fourth-order valence-corrected chi connectivity index (χ4v) is 1.83. The monoisotopic (exact) mass is 246 g/mol. The number of benzene rings is 1. The molecule has 94 valence electrons. The molecule has 0 saturated carbocycles. The zero-order valence-corrected chi connectivity index (χ0v) is 10.3. The van der Waals surface area contributed by atoms with Gasteiger partial charge in [-0.3, -0.25) is 0 Å². The zero-order valence-electron chi connectivity index (χ0n) is 10.3. The lowest BCUT2D eigenvalue weighted by molar-refractivity contribution is 0.0697. The molecule has 1 N–H and O–H groups in total. The van der Waals surface area contributed by atoms with Crippen LogP contribution in [0.2, 0.25) is 0 Å². The molecule has 5 heteroatoms. The summed E-state index contributed by atoms with van der Waals surface area (Å²) in [4.78, 5) is 15.5. The molecule has 0 saturated heterocycles. The lowest BCUT2D eigenvalue weighted by Gasteiger charge is -2.09. The van der Waals surface area contributed by atoms with E-state index in [1.54, 1.807) is 18.3 Å². The number of rotatable bonds is 4. The number of aromatic nitrogens is 2. The van der Waals surface area contributed by atoms with E-state index in [9.17, 15) is 9.90 Å². The molecule has 2 rings (SSSR count). The normalized spacial score (nSPS) is 10.3. The SMILES string of the molecule is CCn1ccnc1-c1ccc(OC)cc1C(=O)O. The third-order valence-electron chi connectivity index (χ3n) is 2.75. The molecule has 1 heterocycles. The molecule has 0 aliphatic heterocycles. The van der Waals surface area contributed by atoms with E-state index in [4.69, 9.17) is 4.74 Å². The van der Waals surface area contributed by atoms with Gasteiger partial charge in [-0.25, -0.2) is 9.78 Å². The number of methoxy groups -OCH3 is 1. The smallest absolute Gasteiger partial charge is 0.336 e. The van der Waals surface area contributed by atoms with Crippen molar-refractivity contribution in [2.75, 3.05) is 7.11 Å². The van der Waals surface area contributed by atoms with Crippen molar-refractivity contribution >= 4 is 5.97 Å². The number of ether oxygens (including phenoxy) is 1. The van der Waals surface area contributed by atoms with Crippen LogP contribution in [-0.2, 0) is 6.54 Å². The van der Waals surface area contributed by atoms with Gasteiger partial charge < -0.3 is 14.4 Å². The molecular weight excluding hydrogens is 232 g/mol. The molecular formula is C13H14N2O3. The standard InChI is InChI=1S/C13H14N2O3/c1-3-15-7-6-14-12(15)10-5-4-9(18-2)8-11(10)13(16)17/h4-8H,3H2,1-2H3,(H,16,17). The van der Waals surface area contributed by atoms with Crippen molar-refractivity contribution in [1.82, 2.24) is 9.55 Å². The van der Waals surface area contributed by atoms with E-state index < -0.39 is 5.97 Å². The minimum Gasteiger partial charge on any atom is -0.497 e. The van der Waals surface area contributed by atoms with Gasteiger partial charge in [0.15, 0.2) is 0 Å². The first kappa shape index (κ1) is 12.2. The predicted molar refractivity (Wildman–Crippen MR) is 66.8 cm³/mol. The van der Waals surface area contributed by atoms with Crippen molar-refractivity contribution in [3.8, 4) is 17.1 Å². The highest BCUT2D eigenvalue weighted by atomic mass is 16.5. The minimum absolute atomic E-state index is 0.190. The van der Waals surface area contributed by atoms with Crippen molar-refractivity contribution in [1.29, 1.82) is 0 Å². The molecule has 0 aliphatic carbocycles. The summed E-state index contributed by atoms with van der Waals surface area (Å²) in [6, 6.07) is 4.96. The molecule has 18 heavy (non-hydrogen) atoms. The Morgan fingerprint density at radius 3 is 2.89 bits per heavy atom. The van der Waals surface area contributed by atoms with Crippen LogP contribution in [0.15, 0.2) is 30.6 Å². The van der Waals surface area contributed by atoms with E-state index >= 15 is 0 Å². The van der Waals surface area contributed by atoms with Gasteiger partial charge in [-0.05, 0) is 25.1 Å². The van der Waals surface area contributed by atoms with E-state index in [0.29, 0.717) is 17.1 Å². The number of hydrogen-bond donors (Lipinski definition) is 1. The van der Waals surface area contributed by atoms with Crippen LogP contribution >= 0.6 is 0 Å². The van der Waals surface area contributed by atoms with Gasteiger partial charge in [0.25, 0.3) is 0 Å². The molecule has 0 unspecified atom stereocenters. The van der Waals surface area contributed by atoms with Crippen molar-refractivity contribution < 1.29 is 14.6 Å². The van der Waals surface area contributed by atoms with Gasteiger partial charge in [0.1, 0.15) is 11.6 Å². The molecule has 2 aromatic rings. The first-order valence-electron chi connectivity index (χ1n) is 5.60. The number of nitrogens with zero attached hydrogens (tertiary/aromatic N) is 2. The molecule has 1 aromatic carbocycles. The van der Waals surface area contributed by atoms with Crippen molar-refractivity contribution in [2.24, 2.45) is 0 Å². The zero-order chi connectivity index (χ0) is 13.1. The molecule has 5 nitrogen and oxygen atoms in total. The van der Waals surface area contributed by atoms with Gasteiger partial charge in [0, 0.05) is 24.5 Å². The maximum absolute atomic E-state index is 11.3. The summed E-state index contributed by atoms with van der Waals surface area (Å²) in [6.07, 6.45) is 3.49. The number of carboxylic acids is 1. The third kappa shape index (κ3) is 2.07. The second-order valence-electron chi connectivity index (χ2n) is 3.75. The highest BCUT2D eigenvalue weighted by Crippen LogP contribution is 2.26. The highest BCUT2D eigenvalue weighted by molar-refractivity contribution is 5.95. The van der Waals surface area contributed by atoms with Crippen molar-refractivity contribution in [3.63, 3.8) is 0 Å². The van der Waals surface area contributed by atoms with Gasteiger partial charge in [-0.1, -0.05) is 0 Å². The van der Waals surface area contributed by atoms with Crippen LogP contribution < -0.4 is 4.74 Å². The summed E-state index contributed by atoms with van der Waals surface area (Å²) < 4.78 is 6.94. The fraction of sp³-hybridized carbons (Fsp3) is 0.231. The number of carboxylic acid groups (broad SMARTS) is 1. The Balaban J connectivity index is 2.60. The lowest BCUT2D eigenvalue weighted by atomic mass is 10.1. The number of imidazole rings is 1. The Morgan fingerprint density at radius 2 is 2.28 bits per heavy atom. The Morgan fingerprint density at radius 1 is 1.50 bits per heavy atom. The number of carbonyl (C=O) groups is 1. The van der Waals surface area contributed by atoms with Crippen molar-refractivity contribution in [3.05, 3.63) is 36.2 Å². The van der Waals surface area contributed by atoms with Crippen LogP contribution in [0.4, 0.5) is 0 Å². The molecule has 1 aromatic heterocycles. The predicted octanol–water partition coefficient (Wildman–Crippen LogP) is 2.28. The first-order chi connectivity index (χ1) is 8.67. The number of aromatic carboxylic acids is 1. The number of aryl methyl sites for hydroxylation is 1. The summed E-state index contributed by atoms with van der Waals surface area (Å²) >= 11 is 0. The molecule has 0 atom stereocenters. The third-order valence-corrected chi connectivity index (χ3v) is 2.75. The minimum atomic E-state index is -0.991. The fourth-order valence-electron chi connectivity index (χ4n) is 1.83. The highest BCUT2D eigenvalue weighted by Gasteiger charge is 2.16. The summed E-state index contributed by atoms with van der Waals surface area (Å²) in [7, 11) is 1.51.